The third-order valence-electron chi connectivity index (χ3n) is 6.33. The van der Waals surface area contributed by atoms with Gasteiger partial charge >= 0.3 is 0 Å². The van der Waals surface area contributed by atoms with Crippen molar-refractivity contribution in [2.24, 2.45) is 11.8 Å². The lowest BCUT2D eigenvalue weighted by Crippen LogP contribution is -2.41. The number of halogens is 1. The van der Waals surface area contributed by atoms with Crippen LogP contribution >= 0.6 is 15.9 Å². The zero-order valence-electron chi connectivity index (χ0n) is 19.4. The van der Waals surface area contributed by atoms with Gasteiger partial charge in [0.05, 0.1) is 13.4 Å². The third kappa shape index (κ3) is 4.36. The highest BCUT2D eigenvalue weighted by Gasteiger charge is 2.25. The van der Waals surface area contributed by atoms with Crippen LogP contribution in [0.2, 0.25) is 0 Å². The average molecular weight is 496 g/mol. The first-order chi connectivity index (χ1) is 15.3. The van der Waals surface area contributed by atoms with Crippen LogP contribution in [0.5, 0.6) is 5.75 Å². The van der Waals surface area contributed by atoms with Crippen LogP contribution in [0.1, 0.15) is 38.3 Å². The third-order valence-corrected chi connectivity index (χ3v) is 6.82. The predicted octanol–water partition coefficient (Wildman–Crippen LogP) is 7.09. The Labute approximate surface area is 198 Å². The fraction of sp³-hybridized carbons (Fsp3) is 0.370. The molecule has 168 valence electrons. The fourth-order valence-corrected chi connectivity index (χ4v) is 5.35. The van der Waals surface area contributed by atoms with Crippen molar-refractivity contribution in [1.29, 1.82) is 0 Å². The smallest absolute Gasteiger partial charge is 0.246 e. The van der Waals surface area contributed by atoms with Crippen molar-refractivity contribution in [2.75, 3.05) is 20.2 Å². The lowest BCUT2D eigenvalue weighted by atomic mass is 9.91. The van der Waals surface area contributed by atoms with E-state index in [1.807, 2.05) is 30.9 Å². The van der Waals surface area contributed by atoms with Gasteiger partial charge < -0.3 is 14.1 Å². The minimum absolute atomic E-state index is 0.0695. The number of aryl methyl sites for hydroxylation is 1. The van der Waals surface area contributed by atoms with Crippen LogP contribution in [0.25, 0.3) is 27.7 Å². The maximum Gasteiger partial charge on any atom is 0.246 e. The summed E-state index contributed by atoms with van der Waals surface area (Å²) in [7, 11) is 1.67. The molecule has 1 saturated heterocycles. The summed E-state index contributed by atoms with van der Waals surface area (Å²) in [6.45, 7) is 10.1. The zero-order chi connectivity index (χ0) is 23.0. The molecule has 0 radical (unpaired) electrons. The van der Waals surface area contributed by atoms with Crippen LogP contribution in [0, 0.1) is 18.8 Å². The molecule has 1 aromatic heterocycles. The molecule has 5 heteroatoms. The number of hydrogen-bond acceptors (Lipinski definition) is 3. The molecule has 32 heavy (non-hydrogen) atoms. The molecule has 0 saturated carbocycles. The van der Waals surface area contributed by atoms with Crippen molar-refractivity contribution in [2.45, 2.75) is 34.1 Å². The van der Waals surface area contributed by atoms with E-state index >= 15 is 0 Å². The van der Waals surface area contributed by atoms with Gasteiger partial charge in [-0.15, -0.1) is 0 Å². The lowest BCUT2D eigenvalue weighted by molar-refractivity contribution is -0.128. The maximum atomic E-state index is 13.1. The van der Waals surface area contributed by atoms with Gasteiger partial charge in [-0.1, -0.05) is 41.9 Å². The fourth-order valence-electron chi connectivity index (χ4n) is 4.95. The summed E-state index contributed by atoms with van der Waals surface area (Å²) in [5, 5.41) is 1.01. The van der Waals surface area contributed by atoms with E-state index in [0.717, 1.165) is 62.1 Å². The van der Waals surface area contributed by atoms with Gasteiger partial charge in [-0.05, 0) is 61.4 Å². The molecule has 0 bridgehead atoms. The largest absolute Gasteiger partial charge is 0.496 e. The van der Waals surface area contributed by atoms with E-state index in [2.05, 4.69) is 48.0 Å². The second-order valence-electron chi connectivity index (χ2n) is 9.14. The van der Waals surface area contributed by atoms with Gasteiger partial charge in [0.15, 0.2) is 0 Å². The van der Waals surface area contributed by atoms with Crippen LogP contribution in [-0.4, -0.2) is 31.0 Å². The number of carbonyl (C=O) groups is 1. The lowest BCUT2D eigenvalue weighted by Gasteiger charge is -2.34. The normalized spacial score (nSPS) is 19.4. The highest BCUT2D eigenvalue weighted by molar-refractivity contribution is 9.10. The van der Waals surface area contributed by atoms with E-state index in [9.17, 15) is 4.79 Å². The van der Waals surface area contributed by atoms with E-state index in [-0.39, 0.29) is 5.91 Å². The van der Waals surface area contributed by atoms with Gasteiger partial charge in [-0.25, -0.2) is 0 Å². The Kier molecular flexibility index (Phi) is 6.47. The zero-order valence-corrected chi connectivity index (χ0v) is 21.0. The first-order valence-electron chi connectivity index (χ1n) is 11.1. The summed E-state index contributed by atoms with van der Waals surface area (Å²) in [6.07, 6.45) is 4.73. The Bertz CT molecular complexity index is 1180. The van der Waals surface area contributed by atoms with Gasteiger partial charge in [0, 0.05) is 45.7 Å². The molecule has 2 unspecified atom stereocenters. The number of amides is 1. The number of nitrogens with zero attached hydrogens (tertiary/aromatic N) is 1. The van der Waals surface area contributed by atoms with Crippen LogP contribution in [0.15, 0.2) is 51.6 Å². The standard InChI is InChI=1S/C27H30BrNO3/c1-16-9-17(2)14-29(13-16)25(30)10-18(3)22-12-23-24(20-7-6-8-21(28)11-20)15-32-27(23)19(4)26(22)31-5/h6-8,10-12,15-17H,9,13-14H2,1-5H3/b18-10+. The molecule has 4 nitrogen and oxygen atoms in total. The predicted molar refractivity (Wildman–Crippen MR) is 134 cm³/mol. The van der Waals surface area contributed by atoms with Gasteiger partial charge in [0.2, 0.25) is 5.91 Å². The van der Waals surface area contributed by atoms with Crippen molar-refractivity contribution in [3.05, 3.63) is 58.3 Å². The van der Waals surface area contributed by atoms with E-state index in [1.165, 1.54) is 6.42 Å². The van der Waals surface area contributed by atoms with E-state index in [0.29, 0.717) is 11.8 Å². The highest BCUT2D eigenvalue weighted by atomic mass is 79.9. The highest BCUT2D eigenvalue weighted by Crippen LogP contribution is 2.41. The minimum atomic E-state index is 0.0695. The molecular weight excluding hydrogens is 466 g/mol. The number of ether oxygens (including phenoxy) is 1. The molecule has 2 heterocycles. The molecule has 3 aromatic rings. The van der Waals surface area contributed by atoms with Crippen molar-refractivity contribution >= 4 is 38.4 Å². The van der Waals surface area contributed by atoms with Gasteiger partial charge in [0.25, 0.3) is 0 Å². The topological polar surface area (TPSA) is 42.7 Å². The number of allylic oxidation sites excluding steroid dienone is 1. The SMILES string of the molecule is COc1c(/C(C)=C/C(=O)N2CC(C)CC(C)C2)cc2c(-c3cccc(Br)c3)coc2c1C. The number of piperidine rings is 1. The Hall–Kier alpha value is -2.53. The first-order valence-corrected chi connectivity index (χ1v) is 11.9. The second kappa shape index (κ2) is 9.14. The summed E-state index contributed by atoms with van der Waals surface area (Å²) < 4.78 is 12.7. The monoisotopic (exact) mass is 495 g/mol. The number of rotatable bonds is 4. The summed E-state index contributed by atoms with van der Waals surface area (Å²) in [5.41, 5.74) is 5.64. The number of furan rings is 1. The number of carbonyl (C=O) groups excluding carboxylic acids is 1. The summed E-state index contributed by atoms with van der Waals surface area (Å²) in [4.78, 5) is 15.1. The van der Waals surface area contributed by atoms with Crippen molar-refractivity contribution < 1.29 is 13.9 Å². The van der Waals surface area contributed by atoms with Crippen LogP contribution in [0.4, 0.5) is 0 Å². The summed E-state index contributed by atoms with van der Waals surface area (Å²) in [5.74, 6) is 1.88. The maximum absolute atomic E-state index is 13.1. The Balaban J connectivity index is 1.78. The van der Waals surface area contributed by atoms with Gasteiger partial charge in [-0.3, -0.25) is 4.79 Å². The van der Waals surface area contributed by atoms with Gasteiger partial charge in [-0.2, -0.15) is 0 Å². The summed E-state index contributed by atoms with van der Waals surface area (Å²) in [6, 6.07) is 10.3. The molecule has 1 amide bonds. The van der Waals surface area contributed by atoms with Crippen molar-refractivity contribution in [3.8, 4) is 16.9 Å². The van der Waals surface area contributed by atoms with Crippen molar-refractivity contribution in [1.82, 2.24) is 4.90 Å². The molecular formula is C27H30BrNO3. The first kappa shape index (κ1) is 22.7. The van der Waals surface area contributed by atoms with Crippen molar-refractivity contribution in [3.63, 3.8) is 0 Å². The van der Waals surface area contributed by atoms with Crippen LogP contribution < -0.4 is 4.74 Å². The number of benzene rings is 2. The molecule has 1 fully saturated rings. The van der Waals surface area contributed by atoms with E-state index < -0.39 is 0 Å². The molecule has 1 aliphatic rings. The van der Waals surface area contributed by atoms with E-state index in [1.54, 1.807) is 19.4 Å². The minimum Gasteiger partial charge on any atom is -0.496 e. The number of likely N-dealkylation sites (tertiary alicyclic amines) is 1. The average Bonchev–Trinajstić information content (AvgIpc) is 3.17. The molecule has 4 rings (SSSR count). The van der Waals surface area contributed by atoms with Crippen LogP contribution in [-0.2, 0) is 4.79 Å². The van der Waals surface area contributed by atoms with Gasteiger partial charge in [0.1, 0.15) is 11.3 Å². The quantitative estimate of drug-likeness (QED) is 0.362. The number of methoxy groups -OCH3 is 1. The molecule has 2 atom stereocenters. The van der Waals surface area contributed by atoms with E-state index in [4.69, 9.17) is 9.15 Å². The Morgan fingerprint density at radius 1 is 1.22 bits per heavy atom. The Morgan fingerprint density at radius 2 is 1.94 bits per heavy atom. The Morgan fingerprint density at radius 3 is 2.59 bits per heavy atom. The molecule has 0 aliphatic carbocycles. The molecule has 0 spiro atoms. The summed E-state index contributed by atoms with van der Waals surface area (Å²) >= 11 is 3.56. The molecule has 1 aliphatic heterocycles. The molecule has 2 aromatic carbocycles. The van der Waals surface area contributed by atoms with Crippen LogP contribution in [0.3, 0.4) is 0 Å². The number of hydrogen-bond donors (Lipinski definition) is 0. The molecule has 0 N–H and O–H groups in total. The number of fused-ring (bicyclic) bond motifs is 1. The second-order valence-corrected chi connectivity index (χ2v) is 10.1.